The predicted octanol–water partition coefficient (Wildman–Crippen LogP) is 3.66. The number of benzene rings is 2. The number of amides is 3. The SMILES string of the molecule is O=C(Nc1cccc(F)c1)Nc1ccc2n(c1=O)C[C@@H]1C[C@@H]2CN(C(=O)COc2ccccc2)C1. The second-order valence-corrected chi connectivity index (χ2v) is 8.88. The number of aromatic nitrogens is 1. The van der Waals surface area contributed by atoms with Crippen LogP contribution >= 0.6 is 0 Å². The van der Waals surface area contributed by atoms with Crippen LogP contribution in [0.4, 0.5) is 20.6 Å². The molecule has 2 aliphatic rings. The molecule has 3 amide bonds. The van der Waals surface area contributed by atoms with Gasteiger partial charge in [-0.2, -0.15) is 0 Å². The highest BCUT2D eigenvalue weighted by Gasteiger charge is 2.36. The van der Waals surface area contributed by atoms with E-state index >= 15 is 0 Å². The number of para-hydroxylation sites is 1. The summed E-state index contributed by atoms with van der Waals surface area (Å²) in [7, 11) is 0. The molecule has 35 heavy (non-hydrogen) atoms. The Bertz CT molecular complexity index is 1310. The summed E-state index contributed by atoms with van der Waals surface area (Å²) in [4.78, 5) is 40.1. The zero-order valence-corrected chi connectivity index (χ0v) is 18.9. The Morgan fingerprint density at radius 2 is 1.80 bits per heavy atom. The highest BCUT2D eigenvalue weighted by Crippen LogP contribution is 2.35. The maximum Gasteiger partial charge on any atom is 0.323 e. The van der Waals surface area contributed by atoms with E-state index in [2.05, 4.69) is 10.6 Å². The fourth-order valence-electron chi connectivity index (χ4n) is 4.85. The molecule has 1 saturated heterocycles. The third-order valence-electron chi connectivity index (χ3n) is 6.39. The van der Waals surface area contributed by atoms with E-state index in [1.807, 2.05) is 41.3 Å². The van der Waals surface area contributed by atoms with Gasteiger partial charge in [-0.05, 0) is 54.8 Å². The van der Waals surface area contributed by atoms with E-state index in [-0.39, 0.29) is 41.3 Å². The second-order valence-electron chi connectivity index (χ2n) is 8.88. The Balaban J connectivity index is 1.25. The summed E-state index contributed by atoms with van der Waals surface area (Å²) in [6.45, 7) is 1.51. The van der Waals surface area contributed by atoms with Gasteiger partial charge in [0, 0.05) is 36.9 Å². The minimum atomic E-state index is -0.626. The van der Waals surface area contributed by atoms with E-state index < -0.39 is 11.8 Å². The van der Waals surface area contributed by atoms with Gasteiger partial charge in [0.2, 0.25) is 0 Å². The number of hydrogen-bond acceptors (Lipinski definition) is 4. The third-order valence-corrected chi connectivity index (χ3v) is 6.39. The molecule has 1 aromatic heterocycles. The summed E-state index contributed by atoms with van der Waals surface area (Å²) < 4.78 is 20.7. The molecule has 2 aromatic carbocycles. The maximum atomic E-state index is 13.4. The van der Waals surface area contributed by atoms with Crippen LogP contribution in [0.2, 0.25) is 0 Å². The van der Waals surface area contributed by atoms with Crippen molar-refractivity contribution in [2.45, 2.75) is 18.9 Å². The average molecular weight is 477 g/mol. The van der Waals surface area contributed by atoms with Gasteiger partial charge in [-0.1, -0.05) is 24.3 Å². The summed E-state index contributed by atoms with van der Waals surface area (Å²) in [5.74, 6) is 0.271. The highest BCUT2D eigenvalue weighted by molar-refractivity contribution is 5.99. The number of halogens is 1. The normalized spacial score (nSPS) is 18.4. The van der Waals surface area contributed by atoms with E-state index in [9.17, 15) is 18.8 Å². The molecule has 2 aliphatic heterocycles. The number of nitrogens with zero attached hydrogens (tertiary/aromatic N) is 2. The van der Waals surface area contributed by atoms with Gasteiger partial charge in [-0.15, -0.1) is 0 Å². The van der Waals surface area contributed by atoms with Crippen LogP contribution in [-0.4, -0.2) is 41.1 Å². The van der Waals surface area contributed by atoms with Gasteiger partial charge < -0.3 is 24.8 Å². The Kier molecular flexibility index (Phi) is 6.22. The molecule has 5 rings (SSSR count). The van der Waals surface area contributed by atoms with Crippen molar-refractivity contribution in [2.75, 3.05) is 30.3 Å². The van der Waals surface area contributed by atoms with Crippen molar-refractivity contribution in [1.29, 1.82) is 0 Å². The van der Waals surface area contributed by atoms with E-state index in [4.69, 9.17) is 4.74 Å². The van der Waals surface area contributed by atoms with Crippen LogP contribution in [0.1, 0.15) is 18.0 Å². The van der Waals surface area contributed by atoms with Crippen LogP contribution in [0, 0.1) is 11.7 Å². The number of carbonyl (C=O) groups is 2. The van der Waals surface area contributed by atoms with Crippen LogP contribution in [0.3, 0.4) is 0 Å². The number of piperidine rings is 1. The van der Waals surface area contributed by atoms with Crippen molar-refractivity contribution in [2.24, 2.45) is 5.92 Å². The van der Waals surface area contributed by atoms with Gasteiger partial charge in [0.1, 0.15) is 17.3 Å². The van der Waals surface area contributed by atoms with E-state index in [1.54, 1.807) is 16.7 Å². The van der Waals surface area contributed by atoms with Gasteiger partial charge >= 0.3 is 6.03 Å². The molecule has 3 heterocycles. The first-order chi connectivity index (χ1) is 17.0. The number of pyridine rings is 1. The van der Waals surface area contributed by atoms with Gasteiger partial charge in [-0.3, -0.25) is 9.59 Å². The number of fused-ring (bicyclic) bond motifs is 4. The number of anilines is 2. The molecule has 0 unspecified atom stereocenters. The smallest absolute Gasteiger partial charge is 0.323 e. The van der Waals surface area contributed by atoms with Gasteiger partial charge in [0.25, 0.3) is 11.5 Å². The first kappa shape index (κ1) is 22.6. The lowest BCUT2D eigenvalue weighted by molar-refractivity contribution is -0.136. The molecule has 2 N–H and O–H groups in total. The average Bonchev–Trinajstić information content (AvgIpc) is 2.85. The second kappa shape index (κ2) is 9.61. The van der Waals surface area contributed by atoms with Crippen molar-refractivity contribution in [3.63, 3.8) is 0 Å². The number of rotatable bonds is 5. The summed E-state index contributed by atoms with van der Waals surface area (Å²) in [6.07, 6.45) is 0.898. The molecular formula is C26H25FN4O4. The monoisotopic (exact) mass is 476 g/mol. The van der Waals surface area contributed by atoms with Gasteiger partial charge in [-0.25, -0.2) is 9.18 Å². The maximum absolute atomic E-state index is 13.4. The van der Waals surface area contributed by atoms with Crippen LogP contribution in [0.25, 0.3) is 0 Å². The van der Waals surface area contributed by atoms with Crippen LogP contribution < -0.4 is 20.9 Å². The number of nitrogens with one attached hydrogen (secondary N) is 2. The number of likely N-dealkylation sites (tertiary alicyclic amines) is 1. The van der Waals surface area contributed by atoms with Crippen molar-refractivity contribution < 1.29 is 18.7 Å². The van der Waals surface area contributed by atoms with E-state index in [1.165, 1.54) is 18.2 Å². The molecule has 3 aromatic rings. The quantitative estimate of drug-likeness (QED) is 0.588. The fraction of sp³-hybridized carbons (Fsp3) is 0.269. The van der Waals surface area contributed by atoms with Crippen LogP contribution in [-0.2, 0) is 11.3 Å². The molecule has 0 spiro atoms. The zero-order valence-electron chi connectivity index (χ0n) is 18.9. The first-order valence-electron chi connectivity index (χ1n) is 11.5. The molecular weight excluding hydrogens is 451 g/mol. The molecule has 0 saturated carbocycles. The number of carbonyl (C=O) groups excluding carboxylic acids is 2. The van der Waals surface area contributed by atoms with E-state index in [0.29, 0.717) is 25.4 Å². The number of ether oxygens (including phenoxy) is 1. The van der Waals surface area contributed by atoms with Crippen LogP contribution in [0.15, 0.2) is 71.5 Å². The third kappa shape index (κ3) is 5.03. The van der Waals surface area contributed by atoms with Crippen molar-refractivity contribution in [3.05, 3.63) is 88.6 Å². The largest absolute Gasteiger partial charge is 0.484 e. The summed E-state index contributed by atoms with van der Waals surface area (Å²) in [6, 6.07) is 17.5. The Hall–Kier alpha value is -4.14. The predicted molar refractivity (Wildman–Crippen MR) is 129 cm³/mol. The fourth-order valence-corrected chi connectivity index (χ4v) is 4.85. The highest BCUT2D eigenvalue weighted by atomic mass is 19.1. The Labute approximate surface area is 201 Å². The topological polar surface area (TPSA) is 92.7 Å². The van der Waals surface area contributed by atoms with Crippen molar-refractivity contribution >= 4 is 23.3 Å². The van der Waals surface area contributed by atoms with Crippen molar-refractivity contribution in [1.82, 2.24) is 9.47 Å². The molecule has 1 fully saturated rings. The van der Waals surface area contributed by atoms with E-state index in [0.717, 1.165) is 12.1 Å². The summed E-state index contributed by atoms with van der Waals surface area (Å²) in [5, 5.41) is 5.09. The molecule has 0 aliphatic carbocycles. The summed E-state index contributed by atoms with van der Waals surface area (Å²) >= 11 is 0. The zero-order chi connectivity index (χ0) is 24.4. The lowest BCUT2D eigenvalue weighted by Gasteiger charge is -2.42. The lowest BCUT2D eigenvalue weighted by atomic mass is 9.83. The first-order valence-corrected chi connectivity index (χ1v) is 11.5. The minimum absolute atomic E-state index is 0.0282. The molecule has 180 valence electrons. The number of urea groups is 1. The summed E-state index contributed by atoms with van der Waals surface area (Å²) in [5.41, 5.74) is 0.991. The van der Waals surface area contributed by atoms with Gasteiger partial charge in [0.05, 0.1) is 0 Å². The Morgan fingerprint density at radius 3 is 2.60 bits per heavy atom. The molecule has 0 radical (unpaired) electrons. The number of hydrogen-bond donors (Lipinski definition) is 2. The van der Waals surface area contributed by atoms with Crippen LogP contribution in [0.5, 0.6) is 5.75 Å². The molecule has 2 atom stereocenters. The molecule has 9 heteroatoms. The lowest BCUT2D eigenvalue weighted by Crippen LogP contribution is -2.50. The Morgan fingerprint density at radius 1 is 0.971 bits per heavy atom. The minimum Gasteiger partial charge on any atom is -0.484 e. The molecule has 2 bridgehead atoms. The molecule has 8 nitrogen and oxygen atoms in total. The van der Waals surface area contributed by atoms with Gasteiger partial charge in [0.15, 0.2) is 6.61 Å². The standard InChI is InChI=1S/C26H25FN4O4/c27-19-5-4-6-20(12-19)28-26(34)29-22-9-10-23-18-11-17(14-31(23)25(22)33)13-30(15-18)24(32)16-35-21-7-2-1-3-8-21/h1-10,12,17-18H,11,13-16H2,(H2,28,29,34)/t17-,18-/m1/s1. The van der Waals surface area contributed by atoms with Crippen molar-refractivity contribution in [3.8, 4) is 5.75 Å².